The smallest absolute Gasteiger partial charge is 0.254 e. The summed E-state index contributed by atoms with van der Waals surface area (Å²) < 4.78 is 6.13. The number of hydrogen-bond acceptors (Lipinski definition) is 2. The second-order valence-electron chi connectivity index (χ2n) is 4.59. The molecule has 0 radical (unpaired) electrons. The van der Waals surface area contributed by atoms with E-state index in [0.29, 0.717) is 0 Å². The first-order valence-corrected chi connectivity index (χ1v) is 8.58. The molecule has 1 unspecified atom stereocenters. The average Bonchev–Trinajstić information content (AvgIpc) is 2.40. The quantitative estimate of drug-likeness (QED) is 0.668. The second-order valence-corrected chi connectivity index (χ2v) is 8.05. The second kappa shape index (κ2) is 5.48. The van der Waals surface area contributed by atoms with Crippen LogP contribution in [0.25, 0.3) is 0 Å². The van der Waals surface area contributed by atoms with Gasteiger partial charge < -0.3 is 10.2 Å². The lowest BCUT2D eigenvalue weighted by atomic mass is 10.4. The molecule has 0 heterocycles. The summed E-state index contributed by atoms with van der Waals surface area (Å²) in [6.45, 7) is 4.08. The summed E-state index contributed by atoms with van der Waals surface area (Å²) in [5.74, 6) is 0. The number of hydrogen-bond donors (Lipinski definition) is 1. The topological polar surface area (TPSA) is 35.2 Å². The molecule has 0 aliphatic carbocycles. The first-order valence-electron chi connectivity index (χ1n) is 6.17. The van der Waals surface area contributed by atoms with Crippen molar-refractivity contribution < 1.29 is 4.43 Å². The maximum atomic E-state index is 6.13. The molecule has 1 atom stereocenters. The Bertz CT molecular complexity index is 445. The Kier molecular flexibility index (Phi) is 3.96. The van der Waals surface area contributed by atoms with E-state index in [1.807, 2.05) is 43.3 Å². The monoisotopic (exact) mass is 257 g/mol. The Morgan fingerprint density at radius 3 is 1.61 bits per heavy atom. The van der Waals surface area contributed by atoms with Crippen molar-refractivity contribution >= 4 is 18.7 Å². The lowest BCUT2D eigenvalue weighted by Gasteiger charge is -2.30. The van der Waals surface area contributed by atoms with Crippen LogP contribution in [0.5, 0.6) is 0 Å². The number of nitrogens with two attached hydrogens (primary N) is 1. The van der Waals surface area contributed by atoms with E-state index in [0.717, 1.165) is 0 Å². The van der Waals surface area contributed by atoms with Crippen LogP contribution in [0, 0.1) is 0 Å². The Morgan fingerprint density at radius 1 is 0.889 bits per heavy atom. The van der Waals surface area contributed by atoms with Gasteiger partial charge in [0.25, 0.3) is 8.32 Å². The molecule has 0 aliphatic heterocycles. The predicted molar refractivity (Wildman–Crippen MR) is 78.5 cm³/mol. The molecule has 0 aromatic heterocycles. The van der Waals surface area contributed by atoms with Crippen molar-refractivity contribution in [2.45, 2.75) is 19.7 Å². The Labute approximate surface area is 110 Å². The van der Waals surface area contributed by atoms with E-state index in [2.05, 4.69) is 30.8 Å². The summed E-state index contributed by atoms with van der Waals surface area (Å²) in [4.78, 5) is 0. The first-order chi connectivity index (χ1) is 8.63. The zero-order valence-electron chi connectivity index (χ0n) is 10.8. The Hall–Kier alpha value is -1.42. The van der Waals surface area contributed by atoms with Gasteiger partial charge in [-0.05, 0) is 23.8 Å². The zero-order valence-corrected chi connectivity index (χ0v) is 11.8. The van der Waals surface area contributed by atoms with Crippen LogP contribution < -0.4 is 16.1 Å². The standard InChI is InChI=1S/C15H19NOSi/c1-13(16)17-18(2,14-9-5-3-6-10-14)15-11-7-4-8-12-15/h3-13H,16H2,1-2H3. The van der Waals surface area contributed by atoms with Crippen molar-refractivity contribution in [2.75, 3.05) is 0 Å². The summed E-state index contributed by atoms with van der Waals surface area (Å²) in [6.07, 6.45) is -0.262. The van der Waals surface area contributed by atoms with Gasteiger partial charge >= 0.3 is 0 Å². The molecule has 0 saturated heterocycles. The van der Waals surface area contributed by atoms with Crippen LogP contribution in [0.3, 0.4) is 0 Å². The van der Waals surface area contributed by atoms with E-state index >= 15 is 0 Å². The molecule has 18 heavy (non-hydrogen) atoms. The van der Waals surface area contributed by atoms with Crippen molar-refractivity contribution in [1.82, 2.24) is 0 Å². The summed E-state index contributed by atoms with van der Waals surface area (Å²) in [6, 6.07) is 20.8. The van der Waals surface area contributed by atoms with Crippen LogP contribution in [0.1, 0.15) is 6.92 Å². The van der Waals surface area contributed by atoms with Crippen LogP contribution in [-0.2, 0) is 4.43 Å². The van der Waals surface area contributed by atoms with Gasteiger partial charge in [0.05, 0.1) is 6.23 Å². The molecule has 2 nitrogen and oxygen atoms in total. The van der Waals surface area contributed by atoms with Crippen molar-refractivity contribution in [3.63, 3.8) is 0 Å². The molecule has 0 spiro atoms. The van der Waals surface area contributed by atoms with Gasteiger partial charge in [0.1, 0.15) is 0 Å². The molecule has 94 valence electrons. The Balaban J connectivity index is 2.48. The fraction of sp³-hybridized carbons (Fsp3) is 0.200. The molecule has 2 rings (SSSR count). The van der Waals surface area contributed by atoms with Gasteiger partial charge in [0.15, 0.2) is 0 Å². The molecule has 2 N–H and O–H groups in total. The van der Waals surface area contributed by atoms with E-state index < -0.39 is 8.32 Å². The van der Waals surface area contributed by atoms with Gasteiger partial charge in [-0.25, -0.2) is 0 Å². The third-order valence-corrected chi connectivity index (χ3v) is 6.78. The highest BCUT2D eigenvalue weighted by atomic mass is 28.4. The highest BCUT2D eigenvalue weighted by Gasteiger charge is 2.34. The normalized spacial score (nSPS) is 13.3. The van der Waals surface area contributed by atoms with Gasteiger partial charge in [-0.15, -0.1) is 0 Å². The molecule has 0 aliphatic rings. The zero-order chi connectivity index (χ0) is 13.0. The molecule has 2 aromatic carbocycles. The van der Waals surface area contributed by atoms with Crippen LogP contribution in [-0.4, -0.2) is 14.5 Å². The van der Waals surface area contributed by atoms with Crippen LogP contribution in [0.15, 0.2) is 60.7 Å². The van der Waals surface area contributed by atoms with Gasteiger partial charge in [-0.3, -0.25) is 0 Å². The van der Waals surface area contributed by atoms with Crippen LogP contribution in [0.4, 0.5) is 0 Å². The number of benzene rings is 2. The summed E-state index contributed by atoms with van der Waals surface area (Å²) >= 11 is 0. The highest BCUT2D eigenvalue weighted by Crippen LogP contribution is 2.08. The minimum Gasteiger partial charge on any atom is -0.394 e. The number of rotatable bonds is 4. The van der Waals surface area contributed by atoms with Crippen molar-refractivity contribution in [3.8, 4) is 0 Å². The Morgan fingerprint density at radius 2 is 1.28 bits per heavy atom. The summed E-state index contributed by atoms with van der Waals surface area (Å²) in [5.41, 5.74) is 5.87. The highest BCUT2D eigenvalue weighted by molar-refractivity contribution is 6.96. The molecular formula is C15H19NOSi. The van der Waals surface area contributed by atoms with Crippen molar-refractivity contribution in [1.29, 1.82) is 0 Å². The average molecular weight is 257 g/mol. The minimum absolute atomic E-state index is 0.262. The van der Waals surface area contributed by atoms with Gasteiger partial charge in [-0.1, -0.05) is 60.7 Å². The third-order valence-electron chi connectivity index (χ3n) is 3.07. The molecule has 0 fully saturated rings. The van der Waals surface area contributed by atoms with Gasteiger partial charge in [0, 0.05) is 0 Å². The molecule has 0 bridgehead atoms. The fourth-order valence-corrected chi connectivity index (χ4v) is 5.19. The van der Waals surface area contributed by atoms with Crippen molar-refractivity contribution in [3.05, 3.63) is 60.7 Å². The maximum absolute atomic E-state index is 6.13. The van der Waals surface area contributed by atoms with Crippen LogP contribution in [0.2, 0.25) is 6.55 Å². The molecule has 0 saturated carbocycles. The maximum Gasteiger partial charge on any atom is 0.254 e. The van der Waals surface area contributed by atoms with E-state index in [1.54, 1.807) is 0 Å². The van der Waals surface area contributed by atoms with Crippen LogP contribution >= 0.6 is 0 Å². The van der Waals surface area contributed by atoms with Gasteiger partial charge in [-0.2, -0.15) is 0 Å². The minimum atomic E-state index is -2.19. The predicted octanol–water partition coefficient (Wildman–Crippen LogP) is 1.70. The lowest BCUT2D eigenvalue weighted by molar-refractivity contribution is 0.229. The lowest BCUT2D eigenvalue weighted by Crippen LogP contribution is -2.60. The van der Waals surface area contributed by atoms with E-state index in [1.165, 1.54) is 10.4 Å². The third kappa shape index (κ3) is 2.69. The molecular weight excluding hydrogens is 238 g/mol. The molecule has 2 aromatic rings. The summed E-state index contributed by atoms with van der Waals surface area (Å²) in [5, 5.41) is 2.49. The first kappa shape index (κ1) is 13.0. The van der Waals surface area contributed by atoms with Crippen molar-refractivity contribution in [2.24, 2.45) is 5.73 Å². The summed E-state index contributed by atoms with van der Waals surface area (Å²) in [7, 11) is -2.19. The largest absolute Gasteiger partial charge is 0.394 e. The fourth-order valence-electron chi connectivity index (χ4n) is 2.19. The SMILES string of the molecule is CC(N)O[Si](C)(c1ccccc1)c1ccccc1. The van der Waals surface area contributed by atoms with E-state index in [4.69, 9.17) is 10.2 Å². The van der Waals surface area contributed by atoms with E-state index in [9.17, 15) is 0 Å². The van der Waals surface area contributed by atoms with E-state index in [-0.39, 0.29) is 6.23 Å². The molecule has 0 amide bonds. The van der Waals surface area contributed by atoms with Gasteiger partial charge in [0.2, 0.25) is 0 Å². The molecule has 3 heteroatoms.